The van der Waals surface area contributed by atoms with Gasteiger partial charge >= 0.3 is 12.1 Å². The molecule has 0 radical (unpaired) electrons. The van der Waals surface area contributed by atoms with Crippen LogP contribution in [0.25, 0.3) is 0 Å². The van der Waals surface area contributed by atoms with Crippen molar-refractivity contribution in [3.05, 3.63) is 51.7 Å². The Balaban J connectivity index is 1.66. The van der Waals surface area contributed by atoms with E-state index in [1.54, 1.807) is 65.8 Å². The highest BCUT2D eigenvalue weighted by Gasteiger charge is 2.29. The molecule has 0 aliphatic rings. The first kappa shape index (κ1) is 34.5. The van der Waals surface area contributed by atoms with Crippen molar-refractivity contribution in [3.63, 3.8) is 0 Å². The molecule has 11 nitrogen and oxygen atoms in total. The molecule has 2 aromatic rings. The maximum atomic E-state index is 12.8. The highest BCUT2D eigenvalue weighted by Crippen LogP contribution is 2.17. The SMILES string of the molecule is CC(C)(C)OC(=O)NC(Cc1ccc(OCCOCCOCCNC(=O)c2ccc(C#N)s2)cc1)C(=O)OC(C)(C)C. The number of nitrogens with zero attached hydrogens (tertiary/aromatic N) is 1. The van der Waals surface area contributed by atoms with Crippen molar-refractivity contribution in [2.24, 2.45) is 0 Å². The zero-order valence-electron chi connectivity index (χ0n) is 25.1. The zero-order chi connectivity index (χ0) is 31.2. The molecule has 1 aromatic carbocycles. The predicted octanol–water partition coefficient (Wildman–Crippen LogP) is 4.24. The van der Waals surface area contributed by atoms with E-state index in [1.165, 1.54) is 0 Å². The molecule has 2 rings (SSSR count). The van der Waals surface area contributed by atoms with Crippen LogP contribution in [0, 0.1) is 11.3 Å². The summed E-state index contributed by atoms with van der Waals surface area (Å²) in [6.07, 6.45) is -0.474. The average Bonchev–Trinajstić information content (AvgIpc) is 3.38. The van der Waals surface area contributed by atoms with Gasteiger partial charge in [-0.05, 0) is 71.4 Å². The Hall–Kier alpha value is -3.66. The van der Waals surface area contributed by atoms with Crippen LogP contribution < -0.4 is 15.4 Å². The van der Waals surface area contributed by atoms with Gasteiger partial charge < -0.3 is 34.3 Å². The number of nitrogens with one attached hydrogen (secondary N) is 2. The molecule has 1 atom stereocenters. The van der Waals surface area contributed by atoms with Crippen LogP contribution in [0.1, 0.15) is 61.7 Å². The molecule has 1 unspecified atom stereocenters. The monoisotopic (exact) mass is 603 g/mol. The molecular formula is C30H41N3O8S. The van der Waals surface area contributed by atoms with Crippen molar-refractivity contribution < 1.29 is 38.1 Å². The minimum absolute atomic E-state index is 0.220. The van der Waals surface area contributed by atoms with Gasteiger partial charge in [0.1, 0.15) is 40.5 Å². The average molecular weight is 604 g/mol. The second kappa shape index (κ2) is 16.7. The third kappa shape index (κ3) is 14.3. The molecule has 12 heteroatoms. The van der Waals surface area contributed by atoms with Crippen molar-refractivity contribution >= 4 is 29.3 Å². The normalized spacial score (nSPS) is 12.1. The first-order valence-corrected chi connectivity index (χ1v) is 14.4. The van der Waals surface area contributed by atoms with Crippen LogP contribution in [-0.4, -0.2) is 74.8 Å². The van der Waals surface area contributed by atoms with Gasteiger partial charge in [-0.25, -0.2) is 9.59 Å². The van der Waals surface area contributed by atoms with Crippen LogP contribution in [0.4, 0.5) is 4.79 Å². The number of thiophene rings is 1. The van der Waals surface area contributed by atoms with Crippen LogP contribution in [-0.2, 0) is 30.2 Å². The minimum atomic E-state index is -0.920. The van der Waals surface area contributed by atoms with E-state index < -0.39 is 29.3 Å². The number of hydrogen-bond donors (Lipinski definition) is 2. The summed E-state index contributed by atoms with van der Waals surface area (Å²) in [7, 11) is 0. The van der Waals surface area contributed by atoms with E-state index in [9.17, 15) is 14.4 Å². The number of hydrogen-bond acceptors (Lipinski definition) is 10. The second-order valence-electron chi connectivity index (χ2n) is 11.2. The third-order valence-corrected chi connectivity index (χ3v) is 6.07. The Morgan fingerprint density at radius 1 is 0.857 bits per heavy atom. The highest BCUT2D eigenvalue weighted by atomic mass is 32.1. The third-order valence-electron chi connectivity index (χ3n) is 5.09. The van der Waals surface area contributed by atoms with Gasteiger partial charge in [-0.1, -0.05) is 12.1 Å². The Morgan fingerprint density at radius 2 is 1.48 bits per heavy atom. The van der Waals surface area contributed by atoms with E-state index in [1.807, 2.05) is 18.2 Å². The molecule has 0 spiro atoms. The number of rotatable bonds is 15. The molecule has 2 N–H and O–H groups in total. The summed E-state index contributed by atoms with van der Waals surface area (Å²) in [6, 6.07) is 11.5. The Kier molecular flexibility index (Phi) is 13.7. The first-order valence-electron chi connectivity index (χ1n) is 13.6. The van der Waals surface area contributed by atoms with Gasteiger partial charge in [-0.2, -0.15) is 5.26 Å². The standard InChI is InChI=1S/C30H41N3O8S/c1-29(2,3)40-27(35)24(33-28(36)41-30(4,5)6)19-21-7-9-22(10-8-21)39-18-17-38-16-15-37-14-13-32-26(34)25-12-11-23(20-31)42-25/h7-12,24H,13-19H2,1-6H3,(H,32,34)(H,33,36). The van der Waals surface area contributed by atoms with E-state index in [2.05, 4.69) is 10.6 Å². The summed E-state index contributed by atoms with van der Waals surface area (Å²) in [4.78, 5) is 38.0. The van der Waals surface area contributed by atoms with Gasteiger partial charge in [-0.3, -0.25) is 4.79 Å². The van der Waals surface area contributed by atoms with Gasteiger partial charge in [0, 0.05) is 13.0 Å². The van der Waals surface area contributed by atoms with E-state index in [4.69, 9.17) is 28.9 Å². The number of alkyl carbamates (subject to hydrolysis) is 1. The van der Waals surface area contributed by atoms with Crippen LogP contribution in [0.15, 0.2) is 36.4 Å². The van der Waals surface area contributed by atoms with Crippen molar-refractivity contribution in [2.75, 3.05) is 39.6 Å². The van der Waals surface area contributed by atoms with E-state index in [0.29, 0.717) is 55.1 Å². The van der Waals surface area contributed by atoms with Crippen LogP contribution in [0.5, 0.6) is 5.75 Å². The fraction of sp³-hybridized carbons (Fsp3) is 0.533. The topological polar surface area (TPSA) is 145 Å². The van der Waals surface area contributed by atoms with Crippen molar-refractivity contribution in [3.8, 4) is 11.8 Å². The van der Waals surface area contributed by atoms with Crippen LogP contribution in [0.2, 0.25) is 0 Å². The minimum Gasteiger partial charge on any atom is -0.491 e. The largest absolute Gasteiger partial charge is 0.491 e. The summed E-state index contributed by atoms with van der Waals surface area (Å²) >= 11 is 1.15. The first-order chi connectivity index (χ1) is 19.8. The lowest BCUT2D eigenvalue weighted by Crippen LogP contribution is -2.47. The number of ether oxygens (including phenoxy) is 5. The Labute approximate surface area is 251 Å². The number of nitriles is 1. The van der Waals surface area contributed by atoms with Crippen LogP contribution >= 0.6 is 11.3 Å². The number of benzene rings is 1. The Morgan fingerprint density at radius 3 is 2.07 bits per heavy atom. The Bertz CT molecular complexity index is 1190. The van der Waals surface area contributed by atoms with E-state index >= 15 is 0 Å². The van der Waals surface area contributed by atoms with Crippen molar-refractivity contribution in [1.82, 2.24) is 10.6 Å². The van der Waals surface area contributed by atoms with E-state index in [-0.39, 0.29) is 12.3 Å². The molecular weight excluding hydrogens is 562 g/mol. The zero-order valence-corrected chi connectivity index (χ0v) is 25.9. The fourth-order valence-corrected chi connectivity index (χ4v) is 4.08. The molecule has 0 fully saturated rings. The molecule has 1 heterocycles. The molecule has 0 aliphatic carbocycles. The number of carbonyl (C=O) groups is 3. The lowest BCUT2D eigenvalue weighted by molar-refractivity contribution is -0.157. The van der Waals surface area contributed by atoms with Gasteiger partial charge in [0.15, 0.2) is 0 Å². The summed E-state index contributed by atoms with van der Waals surface area (Å²) in [6.45, 7) is 12.7. The van der Waals surface area contributed by atoms with Gasteiger partial charge in [0.25, 0.3) is 5.91 Å². The molecule has 42 heavy (non-hydrogen) atoms. The second-order valence-corrected chi connectivity index (χ2v) is 12.3. The fourth-order valence-electron chi connectivity index (χ4n) is 3.36. The quantitative estimate of drug-likeness (QED) is 0.226. The lowest BCUT2D eigenvalue weighted by atomic mass is 10.1. The molecule has 2 amide bonds. The molecule has 230 valence electrons. The van der Waals surface area contributed by atoms with E-state index in [0.717, 1.165) is 16.9 Å². The molecule has 0 saturated heterocycles. The van der Waals surface area contributed by atoms with Gasteiger partial charge in [0.2, 0.25) is 0 Å². The predicted molar refractivity (Wildman–Crippen MR) is 158 cm³/mol. The van der Waals surface area contributed by atoms with Gasteiger partial charge in [0.05, 0.1) is 31.3 Å². The van der Waals surface area contributed by atoms with Gasteiger partial charge in [-0.15, -0.1) is 11.3 Å². The summed E-state index contributed by atoms with van der Waals surface area (Å²) < 4.78 is 27.5. The smallest absolute Gasteiger partial charge is 0.408 e. The molecule has 0 bridgehead atoms. The summed E-state index contributed by atoms with van der Waals surface area (Å²) in [5.41, 5.74) is -0.600. The summed E-state index contributed by atoms with van der Waals surface area (Å²) in [5, 5.41) is 14.2. The molecule has 0 aliphatic heterocycles. The van der Waals surface area contributed by atoms with Crippen molar-refractivity contribution in [2.45, 2.75) is 65.2 Å². The van der Waals surface area contributed by atoms with Crippen molar-refractivity contribution in [1.29, 1.82) is 5.26 Å². The number of carbonyl (C=O) groups excluding carboxylic acids is 3. The molecule has 0 saturated carbocycles. The number of esters is 1. The summed E-state index contributed by atoms with van der Waals surface area (Å²) in [5.74, 6) is -0.143. The van der Waals surface area contributed by atoms with Crippen LogP contribution in [0.3, 0.4) is 0 Å². The number of amides is 2. The maximum Gasteiger partial charge on any atom is 0.408 e. The molecule has 1 aromatic heterocycles. The lowest BCUT2D eigenvalue weighted by Gasteiger charge is -2.26. The highest BCUT2D eigenvalue weighted by molar-refractivity contribution is 7.14. The maximum absolute atomic E-state index is 12.8.